The Morgan fingerprint density at radius 3 is 2.44 bits per heavy atom. The molecule has 1 atom stereocenters. The summed E-state index contributed by atoms with van der Waals surface area (Å²) in [6.07, 6.45) is 8.21. The fourth-order valence-electron chi connectivity index (χ4n) is 3.10. The van der Waals surface area contributed by atoms with E-state index in [-0.39, 0.29) is 0 Å². The molecule has 1 aliphatic rings. The van der Waals surface area contributed by atoms with E-state index < -0.39 is 0 Å². The van der Waals surface area contributed by atoms with Gasteiger partial charge in [-0.05, 0) is 71.0 Å². The van der Waals surface area contributed by atoms with E-state index in [2.05, 4.69) is 45.0 Å². The molecule has 2 heteroatoms. The van der Waals surface area contributed by atoms with Gasteiger partial charge in [-0.3, -0.25) is 0 Å². The predicted octanol–water partition coefficient (Wildman–Crippen LogP) is 3.67. The lowest BCUT2D eigenvalue weighted by atomic mass is 9.75. The highest BCUT2D eigenvalue weighted by Gasteiger charge is 2.28. The first-order valence-electron chi connectivity index (χ1n) is 7.88. The smallest absolute Gasteiger partial charge is 0.00926 e. The normalized spacial score (nSPS) is 22.3. The van der Waals surface area contributed by atoms with Crippen LogP contribution < -0.4 is 5.32 Å². The van der Waals surface area contributed by atoms with E-state index in [9.17, 15) is 0 Å². The van der Waals surface area contributed by atoms with Crippen molar-refractivity contribution in [2.45, 2.75) is 78.3 Å². The van der Waals surface area contributed by atoms with Crippen LogP contribution in [0.1, 0.15) is 66.2 Å². The molecule has 0 bridgehead atoms. The van der Waals surface area contributed by atoms with E-state index in [4.69, 9.17) is 0 Å². The van der Waals surface area contributed by atoms with Crippen molar-refractivity contribution >= 4 is 0 Å². The van der Waals surface area contributed by atoms with Gasteiger partial charge in [-0.1, -0.05) is 20.8 Å². The van der Waals surface area contributed by atoms with Crippen LogP contribution in [0.4, 0.5) is 0 Å². The summed E-state index contributed by atoms with van der Waals surface area (Å²) in [4.78, 5) is 2.61. The minimum Gasteiger partial charge on any atom is -0.315 e. The standard InChI is InChI=1S/C16H34N2/c1-6-17-14(2)8-7-13-18(5)15-9-11-16(3,4)12-10-15/h14-15,17H,6-13H2,1-5H3. The van der Waals surface area contributed by atoms with Gasteiger partial charge in [0.2, 0.25) is 0 Å². The molecule has 1 fully saturated rings. The minimum atomic E-state index is 0.594. The van der Waals surface area contributed by atoms with E-state index >= 15 is 0 Å². The van der Waals surface area contributed by atoms with Crippen LogP contribution in [0.15, 0.2) is 0 Å². The van der Waals surface area contributed by atoms with Crippen molar-refractivity contribution < 1.29 is 0 Å². The van der Waals surface area contributed by atoms with Gasteiger partial charge < -0.3 is 10.2 Å². The Morgan fingerprint density at radius 2 is 1.89 bits per heavy atom. The van der Waals surface area contributed by atoms with Crippen molar-refractivity contribution in [3.63, 3.8) is 0 Å². The number of nitrogens with zero attached hydrogens (tertiary/aromatic N) is 1. The third-order valence-corrected chi connectivity index (χ3v) is 4.63. The van der Waals surface area contributed by atoms with Gasteiger partial charge in [-0.15, -0.1) is 0 Å². The fourth-order valence-corrected chi connectivity index (χ4v) is 3.10. The molecule has 0 aromatic heterocycles. The summed E-state index contributed by atoms with van der Waals surface area (Å²) in [5, 5.41) is 3.49. The molecule has 0 aromatic carbocycles. The molecule has 1 aliphatic carbocycles. The Balaban J connectivity index is 2.15. The molecule has 1 unspecified atom stereocenters. The zero-order valence-corrected chi connectivity index (χ0v) is 13.3. The van der Waals surface area contributed by atoms with Gasteiger partial charge >= 0.3 is 0 Å². The number of nitrogens with one attached hydrogen (secondary N) is 1. The summed E-state index contributed by atoms with van der Waals surface area (Å²) in [6, 6.07) is 1.51. The van der Waals surface area contributed by atoms with Gasteiger partial charge in [-0.2, -0.15) is 0 Å². The minimum absolute atomic E-state index is 0.594. The zero-order chi connectivity index (χ0) is 13.6. The van der Waals surface area contributed by atoms with Crippen molar-refractivity contribution in [3.8, 4) is 0 Å². The highest BCUT2D eigenvalue weighted by Crippen LogP contribution is 2.36. The second-order valence-electron chi connectivity index (χ2n) is 6.98. The summed E-state index contributed by atoms with van der Waals surface area (Å²) < 4.78 is 0. The molecule has 1 saturated carbocycles. The highest BCUT2D eigenvalue weighted by atomic mass is 15.1. The van der Waals surface area contributed by atoms with Crippen LogP contribution in [-0.4, -0.2) is 37.1 Å². The Morgan fingerprint density at radius 1 is 1.28 bits per heavy atom. The quantitative estimate of drug-likeness (QED) is 0.746. The molecule has 0 heterocycles. The van der Waals surface area contributed by atoms with Gasteiger partial charge in [0.25, 0.3) is 0 Å². The van der Waals surface area contributed by atoms with Crippen LogP contribution in [-0.2, 0) is 0 Å². The highest BCUT2D eigenvalue weighted by molar-refractivity contribution is 4.82. The molecule has 0 aromatic rings. The largest absolute Gasteiger partial charge is 0.315 e. The molecule has 0 spiro atoms. The van der Waals surface area contributed by atoms with Crippen molar-refractivity contribution in [1.29, 1.82) is 0 Å². The van der Waals surface area contributed by atoms with Crippen LogP contribution in [0, 0.1) is 5.41 Å². The van der Waals surface area contributed by atoms with Crippen LogP contribution in [0.2, 0.25) is 0 Å². The molecule has 1 N–H and O–H groups in total. The fraction of sp³-hybridized carbons (Fsp3) is 1.00. The second-order valence-corrected chi connectivity index (χ2v) is 6.98. The maximum Gasteiger partial charge on any atom is 0.00926 e. The van der Waals surface area contributed by atoms with Gasteiger partial charge in [0, 0.05) is 12.1 Å². The first-order chi connectivity index (χ1) is 8.44. The number of hydrogen-bond acceptors (Lipinski definition) is 2. The summed E-state index contributed by atoms with van der Waals surface area (Å²) in [5.41, 5.74) is 0.594. The molecule has 0 aliphatic heterocycles. The maximum absolute atomic E-state index is 3.49. The van der Waals surface area contributed by atoms with E-state index in [1.807, 2.05) is 0 Å². The molecular formula is C16H34N2. The van der Waals surface area contributed by atoms with Gasteiger partial charge in [-0.25, -0.2) is 0 Å². The average Bonchev–Trinajstić information content (AvgIpc) is 2.29. The van der Waals surface area contributed by atoms with Crippen LogP contribution >= 0.6 is 0 Å². The van der Waals surface area contributed by atoms with Crippen molar-refractivity contribution in [2.75, 3.05) is 20.1 Å². The van der Waals surface area contributed by atoms with Crippen molar-refractivity contribution in [3.05, 3.63) is 0 Å². The first kappa shape index (κ1) is 16.0. The third-order valence-electron chi connectivity index (χ3n) is 4.63. The molecule has 0 saturated heterocycles. The summed E-state index contributed by atoms with van der Waals surface area (Å²) >= 11 is 0. The second kappa shape index (κ2) is 7.49. The number of hydrogen-bond donors (Lipinski definition) is 1. The molecule has 1 rings (SSSR count). The van der Waals surface area contributed by atoms with Crippen LogP contribution in [0.25, 0.3) is 0 Å². The maximum atomic E-state index is 3.49. The Labute approximate surface area is 115 Å². The van der Waals surface area contributed by atoms with Crippen LogP contribution in [0.3, 0.4) is 0 Å². The molecule has 0 radical (unpaired) electrons. The van der Waals surface area contributed by atoms with E-state index in [0.29, 0.717) is 11.5 Å². The summed E-state index contributed by atoms with van der Waals surface area (Å²) in [5.74, 6) is 0. The zero-order valence-electron chi connectivity index (χ0n) is 13.3. The molecule has 2 nitrogen and oxygen atoms in total. The third kappa shape index (κ3) is 5.71. The molecular weight excluding hydrogens is 220 g/mol. The molecule has 108 valence electrons. The lowest BCUT2D eigenvalue weighted by molar-refractivity contribution is 0.125. The lowest BCUT2D eigenvalue weighted by Gasteiger charge is -2.38. The topological polar surface area (TPSA) is 15.3 Å². The van der Waals surface area contributed by atoms with Gasteiger partial charge in [0.15, 0.2) is 0 Å². The van der Waals surface area contributed by atoms with Crippen molar-refractivity contribution in [2.24, 2.45) is 5.41 Å². The first-order valence-corrected chi connectivity index (χ1v) is 7.88. The van der Waals surface area contributed by atoms with Crippen LogP contribution in [0.5, 0.6) is 0 Å². The lowest BCUT2D eigenvalue weighted by Crippen LogP contribution is -2.38. The average molecular weight is 254 g/mol. The Hall–Kier alpha value is -0.0800. The summed E-state index contributed by atoms with van der Waals surface area (Å²) in [6.45, 7) is 11.7. The molecule has 18 heavy (non-hydrogen) atoms. The SMILES string of the molecule is CCNC(C)CCCN(C)C1CCC(C)(C)CC1. The van der Waals surface area contributed by atoms with E-state index in [1.165, 1.54) is 45.1 Å². The molecule has 0 amide bonds. The predicted molar refractivity (Wildman–Crippen MR) is 81.0 cm³/mol. The number of rotatable bonds is 7. The monoisotopic (exact) mass is 254 g/mol. The van der Waals surface area contributed by atoms with E-state index in [0.717, 1.165) is 12.6 Å². The van der Waals surface area contributed by atoms with E-state index in [1.54, 1.807) is 0 Å². The Bertz CT molecular complexity index is 215. The van der Waals surface area contributed by atoms with Gasteiger partial charge in [0.05, 0.1) is 0 Å². The summed E-state index contributed by atoms with van der Waals surface area (Å²) in [7, 11) is 2.32. The van der Waals surface area contributed by atoms with Crippen molar-refractivity contribution in [1.82, 2.24) is 10.2 Å². The van der Waals surface area contributed by atoms with Gasteiger partial charge in [0.1, 0.15) is 0 Å². The Kier molecular flexibility index (Phi) is 6.65.